The summed E-state index contributed by atoms with van der Waals surface area (Å²) in [4.78, 5) is 0. The van der Waals surface area contributed by atoms with Crippen LogP contribution in [0.2, 0.25) is 0 Å². The second kappa shape index (κ2) is 4.25. The summed E-state index contributed by atoms with van der Waals surface area (Å²) in [7, 11) is -3.37. The summed E-state index contributed by atoms with van der Waals surface area (Å²) in [5.74, 6) is -0.349. The molecule has 1 aliphatic carbocycles. The fourth-order valence-electron chi connectivity index (χ4n) is 2.50. The van der Waals surface area contributed by atoms with Gasteiger partial charge in [0, 0.05) is 12.8 Å². The van der Waals surface area contributed by atoms with Crippen LogP contribution >= 0.6 is 0 Å². The molecule has 2 fully saturated rings. The lowest BCUT2D eigenvalue weighted by molar-refractivity contribution is -0.197. The third kappa shape index (κ3) is 2.74. The van der Waals surface area contributed by atoms with E-state index in [0.29, 0.717) is 32.5 Å². The molecule has 1 aliphatic heterocycles. The highest BCUT2D eigenvalue weighted by molar-refractivity contribution is 7.86. The van der Waals surface area contributed by atoms with E-state index in [4.69, 9.17) is 13.7 Å². The van der Waals surface area contributed by atoms with Crippen molar-refractivity contribution in [2.24, 2.45) is 5.92 Å². The number of ether oxygens (including phenoxy) is 2. The molecule has 1 spiro atoms. The molecule has 0 aromatic rings. The number of hydrogen-bond donors (Lipinski definition) is 0. The summed E-state index contributed by atoms with van der Waals surface area (Å²) in [6.07, 6.45) is 2.92. The van der Waals surface area contributed by atoms with Crippen molar-refractivity contribution in [3.05, 3.63) is 0 Å². The maximum absolute atomic E-state index is 11.1. The second-order valence-corrected chi connectivity index (χ2v) is 6.27. The lowest BCUT2D eigenvalue weighted by Gasteiger charge is -2.38. The molecular formula is C10H18O5S. The molecule has 1 saturated carbocycles. The van der Waals surface area contributed by atoms with E-state index in [1.807, 2.05) is 6.92 Å². The van der Waals surface area contributed by atoms with Crippen molar-refractivity contribution in [1.82, 2.24) is 0 Å². The molecule has 2 unspecified atom stereocenters. The van der Waals surface area contributed by atoms with Gasteiger partial charge in [0.2, 0.25) is 0 Å². The molecule has 0 bridgehead atoms. The maximum atomic E-state index is 11.1. The minimum absolute atomic E-state index is 0.126. The van der Waals surface area contributed by atoms with Crippen molar-refractivity contribution in [2.75, 3.05) is 19.5 Å². The summed E-state index contributed by atoms with van der Waals surface area (Å²) in [5.41, 5.74) is 0. The molecule has 1 saturated heterocycles. The van der Waals surface area contributed by atoms with Crippen molar-refractivity contribution in [3.63, 3.8) is 0 Å². The van der Waals surface area contributed by atoms with Gasteiger partial charge in [0.1, 0.15) is 0 Å². The molecule has 2 rings (SSSR count). The minimum Gasteiger partial charge on any atom is -0.348 e. The van der Waals surface area contributed by atoms with Gasteiger partial charge in [-0.1, -0.05) is 6.92 Å². The lowest BCUT2D eigenvalue weighted by Crippen LogP contribution is -2.42. The number of rotatable bonds is 2. The smallest absolute Gasteiger partial charge is 0.264 e. The Kier molecular flexibility index (Phi) is 3.27. The summed E-state index contributed by atoms with van der Waals surface area (Å²) in [6.45, 7) is 3.23. The van der Waals surface area contributed by atoms with Gasteiger partial charge >= 0.3 is 0 Å². The van der Waals surface area contributed by atoms with E-state index in [-0.39, 0.29) is 12.0 Å². The molecule has 0 radical (unpaired) electrons. The molecule has 1 heterocycles. The fraction of sp³-hybridized carbons (Fsp3) is 1.00. The van der Waals surface area contributed by atoms with Crippen molar-refractivity contribution in [2.45, 2.75) is 38.1 Å². The minimum atomic E-state index is -3.37. The second-order valence-electron chi connectivity index (χ2n) is 4.67. The maximum Gasteiger partial charge on any atom is 0.264 e. The topological polar surface area (TPSA) is 61.8 Å². The van der Waals surface area contributed by atoms with Crippen molar-refractivity contribution >= 4 is 10.1 Å². The third-order valence-electron chi connectivity index (χ3n) is 3.19. The zero-order chi connectivity index (χ0) is 11.8. The zero-order valence-electron chi connectivity index (χ0n) is 9.64. The van der Waals surface area contributed by atoms with Crippen molar-refractivity contribution in [3.8, 4) is 0 Å². The van der Waals surface area contributed by atoms with Crippen LogP contribution in [0.4, 0.5) is 0 Å². The lowest BCUT2D eigenvalue weighted by atomic mass is 9.83. The van der Waals surface area contributed by atoms with Crippen LogP contribution in [-0.2, 0) is 23.8 Å². The van der Waals surface area contributed by atoms with E-state index in [1.54, 1.807) is 0 Å². The van der Waals surface area contributed by atoms with E-state index in [9.17, 15) is 8.42 Å². The molecular weight excluding hydrogens is 232 g/mol. The van der Waals surface area contributed by atoms with Gasteiger partial charge in [-0.25, -0.2) is 0 Å². The predicted octanol–water partition coefficient (Wildman–Crippen LogP) is 0.894. The van der Waals surface area contributed by atoms with Gasteiger partial charge in [0.05, 0.1) is 25.6 Å². The molecule has 0 amide bonds. The Labute approximate surface area is 96.2 Å². The van der Waals surface area contributed by atoms with E-state index in [0.717, 1.165) is 6.26 Å². The Balaban J connectivity index is 1.97. The molecule has 5 nitrogen and oxygen atoms in total. The van der Waals surface area contributed by atoms with Crippen molar-refractivity contribution in [1.29, 1.82) is 0 Å². The molecule has 0 aromatic carbocycles. The third-order valence-corrected chi connectivity index (χ3v) is 3.79. The Morgan fingerprint density at radius 3 is 2.44 bits per heavy atom. The van der Waals surface area contributed by atoms with Gasteiger partial charge in [-0.2, -0.15) is 8.42 Å². The van der Waals surface area contributed by atoms with Crippen LogP contribution in [0.5, 0.6) is 0 Å². The quantitative estimate of drug-likeness (QED) is 0.681. The van der Waals surface area contributed by atoms with Gasteiger partial charge in [0.15, 0.2) is 5.79 Å². The fourth-order valence-corrected chi connectivity index (χ4v) is 3.23. The normalized spacial score (nSPS) is 34.4. The number of hydrogen-bond acceptors (Lipinski definition) is 5. The largest absolute Gasteiger partial charge is 0.348 e. The van der Waals surface area contributed by atoms with Gasteiger partial charge in [-0.05, 0) is 12.3 Å². The van der Waals surface area contributed by atoms with Crippen LogP contribution < -0.4 is 0 Å². The van der Waals surface area contributed by atoms with Gasteiger partial charge in [0.25, 0.3) is 10.1 Å². The molecule has 2 aliphatic rings. The average Bonchev–Trinajstić information content (AvgIpc) is 2.57. The summed E-state index contributed by atoms with van der Waals surface area (Å²) >= 11 is 0. The van der Waals surface area contributed by atoms with Crippen LogP contribution in [0, 0.1) is 5.92 Å². The van der Waals surface area contributed by atoms with Gasteiger partial charge < -0.3 is 9.47 Å². The van der Waals surface area contributed by atoms with Crippen LogP contribution in [-0.4, -0.2) is 39.8 Å². The highest BCUT2D eigenvalue weighted by Gasteiger charge is 2.44. The predicted molar refractivity (Wildman–Crippen MR) is 57.4 cm³/mol. The standard InChI is InChI=1S/C10H18O5S/c1-8-7-10(13-5-6-14-10)4-3-9(8)15-16(2,11)12/h8-9H,3-7H2,1-2H3. The first kappa shape index (κ1) is 12.3. The summed E-state index contributed by atoms with van der Waals surface area (Å²) in [5, 5.41) is 0. The van der Waals surface area contributed by atoms with E-state index < -0.39 is 15.9 Å². The Bertz CT molecular complexity index is 344. The monoisotopic (exact) mass is 250 g/mol. The van der Waals surface area contributed by atoms with Crippen LogP contribution in [0.15, 0.2) is 0 Å². The van der Waals surface area contributed by atoms with Gasteiger partial charge in [-0.3, -0.25) is 4.18 Å². The SMILES string of the molecule is CC1CC2(CCC1OS(C)(=O)=O)OCCO2. The van der Waals surface area contributed by atoms with E-state index in [1.165, 1.54) is 0 Å². The van der Waals surface area contributed by atoms with Crippen molar-refractivity contribution < 1.29 is 22.1 Å². The Morgan fingerprint density at radius 1 is 1.31 bits per heavy atom. The average molecular weight is 250 g/mol. The highest BCUT2D eigenvalue weighted by Crippen LogP contribution is 2.40. The van der Waals surface area contributed by atoms with Crippen LogP contribution in [0.3, 0.4) is 0 Å². The highest BCUT2D eigenvalue weighted by atomic mass is 32.2. The Morgan fingerprint density at radius 2 is 1.94 bits per heavy atom. The summed E-state index contributed by atoms with van der Waals surface area (Å²) < 4.78 is 38.4. The van der Waals surface area contributed by atoms with E-state index in [2.05, 4.69) is 0 Å². The molecule has 2 atom stereocenters. The molecule has 0 aromatic heterocycles. The molecule has 6 heteroatoms. The first-order chi connectivity index (χ1) is 7.40. The first-order valence-corrected chi connectivity index (χ1v) is 7.38. The summed E-state index contributed by atoms with van der Waals surface area (Å²) in [6, 6.07) is 0. The first-order valence-electron chi connectivity index (χ1n) is 5.56. The Hall–Kier alpha value is -0.170. The van der Waals surface area contributed by atoms with E-state index >= 15 is 0 Å². The van der Waals surface area contributed by atoms with Gasteiger partial charge in [-0.15, -0.1) is 0 Å². The molecule has 16 heavy (non-hydrogen) atoms. The van der Waals surface area contributed by atoms with Crippen LogP contribution in [0.1, 0.15) is 26.2 Å². The molecule has 0 N–H and O–H groups in total. The molecule has 94 valence electrons. The van der Waals surface area contributed by atoms with Crippen LogP contribution in [0.25, 0.3) is 0 Å². The zero-order valence-corrected chi connectivity index (χ0v) is 10.5.